The summed E-state index contributed by atoms with van der Waals surface area (Å²) < 4.78 is 13.0. The van der Waals surface area contributed by atoms with Crippen molar-refractivity contribution in [3.8, 4) is 6.07 Å². The van der Waals surface area contributed by atoms with Crippen LogP contribution in [0.1, 0.15) is 16.7 Å². The summed E-state index contributed by atoms with van der Waals surface area (Å²) in [5, 5.41) is 20.2. The Morgan fingerprint density at radius 3 is 2.38 bits per heavy atom. The average molecular weight is 305 g/mol. The second-order valence-electron chi connectivity index (χ2n) is 4.53. The van der Waals surface area contributed by atoms with Gasteiger partial charge in [0.05, 0.1) is 11.0 Å². The van der Waals surface area contributed by atoms with E-state index in [1.54, 1.807) is 6.92 Å². The molecular formula is C15H10ClFN2O2. The monoisotopic (exact) mass is 304 g/mol. The first kappa shape index (κ1) is 14.9. The molecule has 0 saturated heterocycles. The van der Waals surface area contributed by atoms with Crippen molar-refractivity contribution in [3.05, 3.63) is 75.1 Å². The van der Waals surface area contributed by atoms with Gasteiger partial charge in [-0.2, -0.15) is 5.26 Å². The Balaban J connectivity index is 2.58. The van der Waals surface area contributed by atoms with Crippen molar-refractivity contribution in [1.29, 1.82) is 5.26 Å². The maximum Gasteiger partial charge on any atom is 0.269 e. The van der Waals surface area contributed by atoms with E-state index in [0.29, 0.717) is 16.7 Å². The molecule has 0 saturated carbocycles. The van der Waals surface area contributed by atoms with Crippen molar-refractivity contribution in [2.24, 2.45) is 0 Å². The van der Waals surface area contributed by atoms with Crippen molar-refractivity contribution in [1.82, 2.24) is 0 Å². The van der Waals surface area contributed by atoms with Crippen LogP contribution in [0.15, 0.2) is 42.5 Å². The first-order valence-corrected chi connectivity index (χ1v) is 6.38. The molecule has 2 aromatic rings. The summed E-state index contributed by atoms with van der Waals surface area (Å²) in [6, 6.07) is 11.4. The van der Waals surface area contributed by atoms with Gasteiger partial charge in [-0.3, -0.25) is 10.1 Å². The predicted molar refractivity (Wildman–Crippen MR) is 76.5 cm³/mol. The van der Waals surface area contributed by atoms with Gasteiger partial charge >= 0.3 is 0 Å². The molecule has 0 radical (unpaired) electrons. The third-order valence-corrected chi connectivity index (χ3v) is 3.69. The molecule has 0 heterocycles. The topological polar surface area (TPSA) is 66.9 Å². The zero-order valence-electron chi connectivity index (χ0n) is 11.0. The Morgan fingerprint density at radius 1 is 1.29 bits per heavy atom. The summed E-state index contributed by atoms with van der Waals surface area (Å²) >= 11 is 6.41. The molecule has 0 aliphatic heterocycles. The number of hydrogen-bond acceptors (Lipinski definition) is 3. The molecule has 21 heavy (non-hydrogen) atoms. The molecule has 0 aromatic heterocycles. The third-order valence-electron chi connectivity index (χ3n) is 3.19. The van der Waals surface area contributed by atoms with Crippen molar-refractivity contribution in [3.63, 3.8) is 0 Å². The lowest BCUT2D eigenvalue weighted by Gasteiger charge is -2.22. The lowest BCUT2D eigenvalue weighted by molar-refractivity contribution is -0.384. The summed E-state index contributed by atoms with van der Waals surface area (Å²) in [6.45, 7) is 1.64. The molecule has 0 amide bonds. The molecular weight excluding hydrogens is 295 g/mol. The number of nitro groups is 1. The fourth-order valence-electron chi connectivity index (χ4n) is 2.11. The smallest absolute Gasteiger partial charge is 0.258 e. The molecule has 0 aliphatic carbocycles. The highest BCUT2D eigenvalue weighted by molar-refractivity contribution is 6.28. The first-order valence-electron chi connectivity index (χ1n) is 6.00. The lowest BCUT2D eigenvalue weighted by Crippen LogP contribution is -2.19. The van der Waals surface area contributed by atoms with E-state index in [0.717, 1.165) is 0 Å². The highest BCUT2D eigenvalue weighted by Crippen LogP contribution is 2.38. The maximum absolute atomic E-state index is 13.0. The zero-order chi connectivity index (χ0) is 15.6. The average Bonchev–Trinajstić information content (AvgIpc) is 2.47. The number of rotatable bonds is 3. The van der Waals surface area contributed by atoms with E-state index < -0.39 is 15.6 Å². The van der Waals surface area contributed by atoms with Crippen molar-refractivity contribution < 1.29 is 9.31 Å². The normalized spacial score (nSPS) is 13.2. The Kier molecular flexibility index (Phi) is 3.92. The van der Waals surface area contributed by atoms with Crippen LogP contribution in [0.4, 0.5) is 10.1 Å². The van der Waals surface area contributed by atoms with Gasteiger partial charge in [-0.15, -0.1) is 0 Å². The molecule has 0 fully saturated rings. The van der Waals surface area contributed by atoms with Gasteiger partial charge in [0.15, 0.2) is 4.87 Å². The number of hydrogen-bond donors (Lipinski definition) is 0. The largest absolute Gasteiger partial charge is 0.269 e. The summed E-state index contributed by atoms with van der Waals surface area (Å²) in [5.74, 6) is -0.434. The third kappa shape index (κ3) is 2.71. The van der Waals surface area contributed by atoms with Crippen LogP contribution in [0, 0.1) is 34.2 Å². The van der Waals surface area contributed by atoms with Gasteiger partial charge in [0.2, 0.25) is 0 Å². The number of non-ortho nitro benzene ring substituents is 1. The van der Waals surface area contributed by atoms with Gasteiger partial charge < -0.3 is 0 Å². The second-order valence-corrected chi connectivity index (χ2v) is 5.10. The quantitative estimate of drug-likeness (QED) is 0.488. The molecule has 1 atom stereocenters. The van der Waals surface area contributed by atoms with Gasteiger partial charge in [-0.1, -0.05) is 23.7 Å². The molecule has 1 unspecified atom stereocenters. The molecule has 0 aliphatic rings. The number of aryl methyl sites for hydroxylation is 1. The van der Waals surface area contributed by atoms with E-state index in [1.165, 1.54) is 42.5 Å². The molecule has 2 aromatic carbocycles. The van der Waals surface area contributed by atoms with E-state index in [1.807, 2.05) is 6.07 Å². The summed E-state index contributed by atoms with van der Waals surface area (Å²) in [7, 11) is 0. The van der Waals surface area contributed by atoms with Gasteiger partial charge in [-0.05, 0) is 41.8 Å². The van der Waals surface area contributed by atoms with Crippen molar-refractivity contribution >= 4 is 17.3 Å². The Morgan fingerprint density at radius 2 is 1.90 bits per heavy atom. The van der Waals surface area contributed by atoms with E-state index >= 15 is 0 Å². The van der Waals surface area contributed by atoms with Crippen molar-refractivity contribution in [2.75, 3.05) is 0 Å². The van der Waals surface area contributed by atoms with Crippen LogP contribution in [0.2, 0.25) is 0 Å². The minimum atomic E-state index is -1.52. The van der Waals surface area contributed by atoms with E-state index in [-0.39, 0.29) is 5.69 Å². The van der Waals surface area contributed by atoms with Crippen LogP contribution in [0.25, 0.3) is 0 Å². The fourth-order valence-corrected chi connectivity index (χ4v) is 2.45. The standard InChI is InChI=1S/C15H10ClFN2O2/c1-10-8-13(19(20)21)6-7-14(10)15(16,9-18)11-2-4-12(17)5-3-11/h2-8H,1H3. The molecule has 6 heteroatoms. The maximum atomic E-state index is 13.0. The highest BCUT2D eigenvalue weighted by atomic mass is 35.5. The molecule has 2 rings (SSSR count). The number of benzene rings is 2. The first-order chi connectivity index (χ1) is 9.88. The van der Waals surface area contributed by atoms with Crippen LogP contribution in [-0.2, 0) is 4.87 Å². The van der Waals surface area contributed by atoms with Crippen LogP contribution in [0.3, 0.4) is 0 Å². The molecule has 0 N–H and O–H groups in total. The predicted octanol–water partition coefficient (Wildman–Crippen LogP) is 4.05. The number of halogens is 2. The Hall–Kier alpha value is -2.45. The summed E-state index contributed by atoms with van der Waals surface area (Å²) in [5.41, 5.74) is 1.28. The fraction of sp³-hybridized carbons (Fsp3) is 0.133. The lowest BCUT2D eigenvalue weighted by atomic mass is 9.88. The van der Waals surface area contributed by atoms with Crippen LogP contribution in [-0.4, -0.2) is 4.92 Å². The van der Waals surface area contributed by atoms with Gasteiger partial charge in [0.1, 0.15) is 5.82 Å². The van der Waals surface area contributed by atoms with E-state index in [4.69, 9.17) is 11.6 Å². The van der Waals surface area contributed by atoms with Crippen LogP contribution >= 0.6 is 11.6 Å². The van der Waals surface area contributed by atoms with Gasteiger partial charge in [-0.25, -0.2) is 4.39 Å². The Bertz CT molecular complexity index is 740. The molecule has 0 bridgehead atoms. The molecule has 106 valence electrons. The minimum absolute atomic E-state index is 0.0766. The molecule has 0 spiro atoms. The minimum Gasteiger partial charge on any atom is -0.258 e. The van der Waals surface area contributed by atoms with Crippen LogP contribution < -0.4 is 0 Å². The number of nitrogens with zero attached hydrogens (tertiary/aromatic N) is 2. The molecule has 4 nitrogen and oxygen atoms in total. The summed E-state index contributed by atoms with van der Waals surface area (Å²) in [6.07, 6.45) is 0. The van der Waals surface area contributed by atoms with E-state index in [9.17, 15) is 19.8 Å². The SMILES string of the molecule is Cc1cc([N+](=O)[O-])ccc1C(Cl)(C#N)c1ccc(F)cc1. The Labute approximate surface area is 125 Å². The number of alkyl halides is 1. The van der Waals surface area contributed by atoms with Crippen molar-refractivity contribution in [2.45, 2.75) is 11.8 Å². The number of nitriles is 1. The highest BCUT2D eigenvalue weighted by Gasteiger charge is 2.34. The van der Waals surface area contributed by atoms with E-state index in [2.05, 4.69) is 0 Å². The van der Waals surface area contributed by atoms with Crippen LogP contribution in [0.5, 0.6) is 0 Å². The number of nitro benzene ring substituents is 1. The van der Waals surface area contributed by atoms with Gasteiger partial charge in [0.25, 0.3) is 5.69 Å². The van der Waals surface area contributed by atoms with Gasteiger partial charge in [0, 0.05) is 12.1 Å². The second kappa shape index (κ2) is 5.51. The summed E-state index contributed by atoms with van der Waals surface area (Å²) in [4.78, 5) is 8.72. The zero-order valence-corrected chi connectivity index (χ0v) is 11.8.